The average Bonchev–Trinajstić information content (AvgIpc) is 1.97. The molecule has 0 atom stereocenters. The van der Waals surface area contributed by atoms with Crippen molar-refractivity contribution in [3.05, 3.63) is 12.7 Å². The van der Waals surface area contributed by atoms with Gasteiger partial charge in [-0.15, -0.1) is 0 Å². The Kier molecular flexibility index (Phi) is 9.70. The van der Waals surface area contributed by atoms with E-state index in [1.165, 1.54) is 61.8 Å². The fourth-order valence-electron chi connectivity index (χ4n) is 0.996. The zero-order valence-electron chi connectivity index (χ0n) is 6.94. The molecule has 0 aromatic carbocycles. The van der Waals surface area contributed by atoms with Gasteiger partial charge in [-0.1, -0.05) is 0 Å². The number of unbranched alkanes of at least 4 members (excludes halogenated alkanes) is 5. The molecule has 0 amide bonds. The number of hydrogen-bond donors (Lipinski definition) is 0. The Morgan fingerprint density at radius 3 is 2.20 bits per heavy atom. The number of hydrogen-bond acceptors (Lipinski definition) is 0. The molecule has 1 heteroatoms. The Hall–Kier alpha value is 0.363. The molecule has 0 aliphatic carbocycles. The standard InChI is InChI=1S/C9H17.Zn/c1-3-5-7-9-8-6-4-2;/h3H,1-2,4-9H2;. The van der Waals surface area contributed by atoms with Crippen LogP contribution >= 0.6 is 0 Å². The van der Waals surface area contributed by atoms with E-state index in [-0.39, 0.29) is 0 Å². The van der Waals surface area contributed by atoms with Crippen LogP contribution in [0.3, 0.4) is 0 Å². The quantitative estimate of drug-likeness (QED) is 0.328. The van der Waals surface area contributed by atoms with Crippen LogP contribution in [0, 0.1) is 0 Å². The van der Waals surface area contributed by atoms with Crippen molar-refractivity contribution in [2.45, 2.75) is 43.5 Å². The first-order valence-corrected chi connectivity index (χ1v) is 6.41. The van der Waals surface area contributed by atoms with Gasteiger partial charge in [0, 0.05) is 0 Å². The van der Waals surface area contributed by atoms with Crippen molar-refractivity contribution in [2.24, 2.45) is 0 Å². The summed E-state index contributed by atoms with van der Waals surface area (Å²) in [4.78, 5) is 0. The van der Waals surface area contributed by atoms with E-state index >= 15 is 0 Å². The second-order valence-electron chi connectivity index (χ2n) is 2.70. The Morgan fingerprint density at radius 1 is 1.00 bits per heavy atom. The first-order valence-electron chi connectivity index (χ1n) is 4.32. The second kappa shape index (κ2) is 9.36. The van der Waals surface area contributed by atoms with Crippen LogP contribution in [0.1, 0.15) is 38.5 Å². The molecule has 0 bridgehead atoms. The minimum absolute atomic E-state index is 1.21. The summed E-state index contributed by atoms with van der Waals surface area (Å²) in [5.74, 6) is 0. The molecule has 10 heavy (non-hydrogen) atoms. The molecule has 0 saturated heterocycles. The summed E-state index contributed by atoms with van der Waals surface area (Å²) < 4.78 is 0. The molecule has 0 rings (SSSR count). The monoisotopic (exact) mass is 189 g/mol. The summed E-state index contributed by atoms with van der Waals surface area (Å²) >= 11 is 1.48. The van der Waals surface area contributed by atoms with Gasteiger partial charge in [0.15, 0.2) is 0 Å². The van der Waals surface area contributed by atoms with Crippen LogP contribution in [-0.2, 0) is 18.3 Å². The first kappa shape index (κ1) is 10.4. The molecule has 0 unspecified atom stereocenters. The first-order chi connectivity index (χ1) is 4.91. The van der Waals surface area contributed by atoms with Crippen LogP contribution in [0.5, 0.6) is 0 Å². The van der Waals surface area contributed by atoms with E-state index in [0.717, 1.165) is 0 Å². The molecule has 55 valence electrons. The molecule has 0 aromatic rings. The van der Waals surface area contributed by atoms with Crippen molar-refractivity contribution < 1.29 is 18.3 Å². The van der Waals surface area contributed by atoms with E-state index in [4.69, 9.17) is 0 Å². The van der Waals surface area contributed by atoms with Crippen LogP contribution in [0.25, 0.3) is 0 Å². The van der Waals surface area contributed by atoms with E-state index in [2.05, 4.69) is 6.58 Å². The summed E-state index contributed by atoms with van der Waals surface area (Å²) in [6.45, 7) is 3.70. The molecule has 0 N–H and O–H groups in total. The molecular weight excluding hydrogens is 173 g/mol. The van der Waals surface area contributed by atoms with Crippen molar-refractivity contribution in [1.82, 2.24) is 0 Å². The summed E-state index contributed by atoms with van der Waals surface area (Å²) in [5.41, 5.74) is 0. The molecule has 0 aliphatic rings. The van der Waals surface area contributed by atoms with Crippen molar-refractivity contribution in [2.75, 3.05) is 0 Å². The van der Waals surface area contributed by atoms with Crippen LogP contribution in [-0.4, -0.2) is 0 Å². The molecule has 0 saturated carbocycles. The third-order valence-electron chi connectivity index (χ3n) is 1.66. The van der Waals surface area contributed by atoms with Gasteiger partial charge in [-0.2, -0.15) is 0 Å². The molecule has 0 heterocycles. The van der Waals surface area contributed by atoms with E-state index in [1.807, 2.05) is 6.08 Å². The zero-order chi connectivity index (χ0) is 7.66. The van der Waals surface area contributed by atoms with Gasteiger partial charge in [0.2, 0.25) is 0 Å². The van der Waals surface area contributed by atoms with Gasteiger partial charge in [0.05, 0.1) is 0 Å². The third kappa shape index (κ3) is 8.36. The summed E-state index contributed by atoms with van der Waals surface area (Å²) in [6, 6.07) is 0. The van der Waals surface area contributed by atoms with Crippen molar-refractivity contribution in [3.8, 4) is 0 Å². The fourth-order valence-corrected chi connectivity index (χ4v) is 1.74. The minimum atomic E-state index is 1.21. The molecule has 0 aliphatic heterocycles. The SMILES string of the molecule is C=CCCCCCC[CH2][Zn]. The maximum atomic E-state index is 3.70. The molecule has 0 spiro atoms. The predicted octanol–water partition coefficient (Wildman–Crippen LogP) is 3.48. The van der Waals surface area contributed by atoms with Crippen LogP contribution < -0.4 is 0 Å². The molecule has 0 fully saturated rings. The van der Waals surface area contributed by atoms with Crippen molar-refractivity contribution >= 4 is 0 Å². The predicted molar refractivity (Wildman–Crippen MR) is 42.7 cm³/mol. The normalized spacial score (nSPS) is 9.80. The van der Waals surface area contributed by atoms with Gasteiger partial charge in [-0.05, 0) is 0 Å². The average molecular weight is 191 g/mol. The fraction of sp³-hybridized carbons (Fsp3) is 0.778. The number of rotatable bonds is 7. The Morgan fingerprint density at radius 2 is 1.60 bits per heavy atom. The maximum absolute atomic E-state index is 3.70. The zero-order valence-corrected chi connectivity index (χ0v) is 9.91. The van der Waals surface area contributed by atoms with Crippen LogP contribution in [0.4, 0.5) is 0 Å². The topological polar surface area (TPSA) is 0 Å². The van der Waals surface area contributed by atoms with Gasteiger partial charge in [-0.25, -0.2) is 0 Å². The molecule has 0 radical (unpaired) electrons. The van der Waals surface area contributed by atoms with Crippen LogP contribution in [0.15, 0.2) is 12.7 Å². The summed E-state index contributed by atoms with van der Waals surface area (Å²) in [5, 5.41) is 1.47. The second-order valence-corrected chi connectivity index (χ2v) is 4.18. The van der Waals surface area contributed by atoms with Gasteiger partial charge in [-0.3, -0.25) is 0 Å². The molecule has 0 aromatic heterocycles. The summed E-state index contributed by atoms with van der Waals surface area (Å²) in [6.07, 6.45) is 10.3. The van der Waals surface area contributed by atoms with Gasteiger partial charge >= 0.3 is 74.5 Å². The molecular formula is C9H17Zn. The van der Waals surface area contributed by atoms with Crippen LogP contribution in [0.2, 0.25) is 5.02 Å². The van der Waals surface area contributed by atoms with Gasteiger partial charge in [0.25, 0.3) is 0 Å². The van der Waals surface area contributed by atoms with E-state index in [9.17, 15) is 0 Å². The Bertz CT molecular complexity index is 69.1. The van der Waals surface area contributed by atoms with Gasteiger partial charge < -0.3 is 0 Å². The van der Waals surface area contributed by atoms with E-state index in [1.54, 1.807) is 0 Å². The number of allylic oxidation sites excluding steroid dienone is 1. The van der Waals surface area contributed by atoms with E-state index in [0.29, 0.717) is 0 Å². The molecule has 0 nitrogen and oxygen atoms in total. The summed E-state index contributed by atoms with van der Waals surface area (Å²) in [7, 11) is 0. The third-order valence-corrected chi connectivity index (χ3v) is 2.71. The van der Waals surface area contributed by atoms with Gasteiger partial charge in [0.1, 0.15) is 0 Å². The van der Waals surface area contributed by atoms with E-state index < -0.39 is 0 Å². The Balaban J connectivity index is 2.70. The van der Waals surface area contributed by atoms with Crippen molar-refractivity contribution in [1.29, 1.82) is 0 Å². The van der Waals surface area contributed by atoms with Crippen molar-refractivity contribution in [3.63, 3.8) is 0 Å². The Labute approximate surface area is 74.8 Å².